The summed E-state index contributed by atoms with van der Waals surface area (Å²) in [7, 11) is -3.82. The van der Waals surface area contributed by atoms with Crippen LogP contribution in [0.4, 0.5) is 21.6 Å². The van der Waals surface area contributed by atoms with Gasteiger partial charge in [-0.1, -0.05) is 12.1 Å². The fourth-order valence-electron chi connectivity index (χ4n) is 2.52. The van der Waals surface area contributed by atoms with E-state index >= 15 is 0 Å². The second kappa shape index (κ2) is 7.13. The first-order chi connectivity index (χ1) is 12.3. The van der Waals surface area contributed by atoms with Crippen LogP contribution in [0.3, 0.4) is 0 Å². The third kappa shape index (κ3) is 4.18. The van der Waals surface area contributed by atoms with Crippen LogP contribution in [0.5, 0.6) is 0 Å². The minimum absolute atomic E-state index is 0.0286. The number of nitrogens with zero attached hydrogens (tertiary/aromatic N) is 1. The number of aromatic nitrogens is 1. The van der Waals surface area contributed by atoms with Gasteiger partial charge < -0.3 is 5.32 Å². The zero-order valence-electron chi connectivity index (χ0n) is 14.3. The van der Waals surface area contributed by atoms with E-state index in [1.165, 1.54) is 18.3 Å². The van der Waals surface area contributed by atoms with Crippen molar-refractivity contribution in [2.75, 3.05) is 10.0 Å². The molecule has 2 N–H and O–H groups in total. The summed E-state index contributed by atoms with van der Waals surface area (Å²) in [4.78, 5) is 4.25. The molecule has 0 bridgehead atoms. The summed E-state index contributed by atoms with van der Waals surface area (Å²) in [6.07, 6.45) is 1.43. The number of pyridine rings is 1. The molecule has 3 rings (SSSR count). The third-order valence-electron chi connectivity index (χ3n) is 3.73. The molecule has 3 aromatic rings. The Morgan fingerprint density at radius 3 is 2.42 bits per heavy atom. The zero-order valence-corrected chi connectivity index (χ0v) is 15.1. The quantitative estimate of drug-likeness (QED) is 0.698. The molecule has 0 spiro atoms. The topological polar surface area (TPSA) is 71.1 Å². The molecular weight excluding hydrogens is 353 g/mol. The lowest BCUT2D eigenvalue weighted by molar-refractivity contribution is 0.598. The molecule has 0 radical (unpaired) electrons. The van der Waals surface area contributed by atoms with Gasteiger partial charge in [0, 0.05) is 5.69 Å². The average molecular weight is 371 g/mol. The number of anilines is 3. The molecule has 0 aliphatic rings. The highest BCUT2D eigenvalue weighted by atomic mass is 32.2. The van der Waals surface area contributed by atoms with Crippen LogP contribution in [-0.2, 0) is 10.0 Å². The summed E-state index contributed by atoms with van der Waals surface area (Å²) < 4.78 is 40.6. The van der Waals surface area contributed by atoms with E-state index in [2.05, 4.69) is 15.0 Å². The van der Waals surface area contributed by atoms with Crippen LogP contribution in [-0.4, -0.2) is 13.4 Å². The summed E-state index contributed by atoms with van der Waals surface area (Å²) in [6.45, 7) is 3.54. The van der Waals surface area contributed by atoms with E-state index in [4.69, 9.17) is 0 Å². The number of aryl methyl sites for hydroxylation is 2. The molecule has 1 heterocycles. The van der Waals surface area contributed by atoms with E-state index in [0.717, 1.165) is 17.3 Å². The second-order valence-electron chi connectivity index (χ2n) is 5.94. The van der Waals surface area contributed by atoms with Gasteiger partial charge in [-0.2, -0.15) is 0 Å². The summed E-state index contributed by atoms with van der Waals surface area (Å²) in [6, 6.07) is 14.7. The maximum absolute atomic E-state index is 13.2. The van der Waals surface area contributed by atoms with Crippen LogP contribution in [0.2, 0.25) is 0 Å². The molecule has 1 aromatic heterocycles. The van der Waals surface area contributed by atoms with E-state index in [1.54, 1.807) is 19.1 Å². The number of halogens is 1. The van der Waals surface area contributed by atoms with Crippen LogP contribution in [0.15, 0.2) is 65.7 Å². The van der Waals surface area contributed by atoms with Crippen molar-refractivity contribution in [1.82, 2.24) is 4.98 Å². The van der Waals surface area contributed by atoms with Gasteiger partial charge in [-0.25, -0.2) is 17.8 Å². The first kappa shape index (κ1) is 17.9. The Balaban J connectivity index is 1.76. The van der Waals surface area contributed by atoms with Gasteiger partial charge in [-0.3, -0.25) is 4.72 Å². The van der Waals surface area contributed by atoms with Crippen LogP contribution in [0.1, 0.15) is 11.1 Å². The molecule has 5 nitrogen and oxygen atoms in total. The monoisotopic (exact) mass is 371 g/mol. The molecule has 0 unspecified atom stereocenters. The van der Waals surface area contributed by atoms with E-state index in [-0.39, 0.29) is 4.90 Å². The van der Waals surface area contributed by atoms with Crippen molar-refractivity contribution >= 4 is 27.2 Å². The Hall–Kier alpha value is -2.93. The van der Waals surface area contributed by atoms with Gasteiger partial charge in [0.05, 0.1) is 16.8 Å². The van der Waals surface area contributed by atoms with Gasteiger partial charge in [-0.15, -0.1) is 0 Å². The van der Waals surface area contributed by atoms with Crippen molar-refractivity contribution in [3.05, 3.63) is 77.7 Å². The summed E-state index contributed by atoms with van der Waals surface area (Å²) in [5.74, 6) is 0.117. The lowest BCUT2D eigenvalue weighted by atomic mass is 10.2. The van der Waals surface area contributed by atoms with Crippen molar-refractivity contribution in [2.45, 2.75) is 18.7 Å². The van der Waals surface area contributed by atoms with Crippen molar-refractivity contribution in [3.63, 3.8) is 0 Å². The van der Waals surface area contributed by atoms with E-state index < -0.39 is 15.8 Å². The van der Waals surface area contributed by atoms with E-state index in [1.807, 2.05) is 31.2 Å². The number of hydrogen-bond acceptors (Lipinski definition) is 4. The fourth-order valence-corrected chi connectivity index (χ4v) is 3.79. The Kier molecular flexibility index (Phi) is 4.90. The molecule has 0 amide bonds. The molecule has 0 aliphatic heterocycles. The van der Waals surface area contributed by atoms with Crippen LogP contribution >= 0.6 is 0 Å². The Morgan fingerprint density at radius 1 is 0.962 bits per heavy atom. The summed E-state index contributed by atoms with van der Waals surface area (Å²) >= 11 is 0. The minimum atomic E-state index is -3.82. The van der Waals surface area contributed by atoms with Gasteiger partial charge in [0.15, 0.2) is 0 Å². The molecule has 2 aromatic carbocycles. The lowest BCUT2D eigenvalue weighted by Gasteiger charge is -2.11. The smallest absolute Gasteiger partial charge is 0.262 e. The van der Waals surface area contributed by atoms with Crippen molar-refractivity contribution in [2.24, 2.45) is 0 Å². The predicted octanol–water partition coefficient (Wildman–Crippen LogP) is 4.38. The summed E-state index contributed by atoms with van der Waals surface area (Å²) in [5.41, 5.74) is 2.67. The molecule has 26 heavy (non-hydrogen) atoms. The molecule has 0 saturated carbocycles. The highest BCUT2D eigenvalue weighted by Gasteiger charge is 2.17. The van der Waals surface area contributed by atoms with Gasteiger partial charge in [0.1, 0.15) is 11.6 Å². The van der Waals surface area contributed by atoms with Crippen LogP contribution in [0, 0.1) is 19.7 Å². The Labute approximate surface area is 152 Å². The maximum Gasteiger partial charge on any atom is 0.262 e. The zero-order chi connectivity index (χ0) is 18.7. The number of benzene rings is 2. The maximum atomic E-state index is 13.2. The largest absolute Gasteiger partial charge is 0.340 e. The highest BCUT2D eigenvalue weighted by Crippen LogP contribution is 2.21. The first-order valence-electron chi connectivity index (χ1n) is 7.92. The molecular formula is C19H18FN3O2S. The molecule has 7 heteroatoms. The first-order valence-corrected chi connectivity index (χ1v) is 9.40. The normalized spacial score (nSPS) is 11.2. The van der Waals surface area contributed by atoms with Crippen molar-refractivity contribution < 1.29 is 12.8 Å². The minimum Gasteiger partial charge on any atom is -0.340 e. The molecule has 0 saturated heterocycles. The standard InChI is InChI=1S/C19H18FN3O2S/c1-13-4-3-5-16(10-13)22-19-9-7-17(12-21-19)23-26(24,25)18-8-6-15(20)11-14(18)2/h3-12,23H,1-2H3,(H,21,22). The van der Waals surface area contributed by atoms with Crippen LogP contribution < -0.4 is 10.0 Å². The number of sulfonamides is 1. The van der Waals surface area contributed by atoms with Crippen molar-refractivity contribution in [1.29, 1.82) is 0 Å². The molecule has 0 aliphatic carbocycles. The molecule has 134 valence electrons. The highest BCUT2D eigenvalue weighted by molar-refractivity contribution is 7.92. The van der Waals surface area contributed by atoms with Gasteiger partial charge in [0.25, 0.3) is 10.0 Å². The Morgan fingerprint density at radius 2 is 1.77 bits per heavy atom. The SMILES string of the molecule is Cc1cccc(Nc2ccc(NS(=O)(=O)c3ccc(F)cc3C)cn2)c1. The average Bonchev–Trinajstić information content (AvgIpc) is 2.56. The third-order valence-corrected chi connectivity index (χ3v) is 5.27. The van der Waals surface area contributed by atoms with Gasteiger partial charge in [0.2, 0.25) is 0 Å². The lowest BCUT2D eigenvalue weighted by Crippen LogP contribution is -2.14. The Bertz CT molecular complexity index is 1030. The van der Waals surface area contributed by atoms with Gasteiger partial charge >= 0.3 is 0 Å². The number of hydrogen-bond donors (Lipinski definition) is 2. The van der Waals surface area contributed by atoms with Gasteiger partial charge in [-0.05, 0) is 67.4 Å². The molecule has 0 atom stereocenters. The number of nitrogens with one attached hydrogen (secondary N) is 2. The molecule has 0 fully saturated rings. The fraction of sp³-hybridized carbons (Fsp3) is 0.105. The van der Waals surface area contributed by atoms with E-state index in [9.17, 15) is 12.8 Å². The second-order valence-corrected chi connectivity index (χ2v) is 7.59. The van der Waals surface area contributed by atoms with Crippen molar-refractivity contribution in [3.8, 4) is 0 Å². The number of rotatable bonds is 5. The summed E-state index contributed by atoms with van der Waals surface area (Å²) in [5, 5.41) is 3.15. The van der Waals surface area contributed by atoms with E-state index in [0.29, 0.717) is 17.1 Å². The predicted molar refractivity (Wildman–Crippen MR) is 101 cm³/mol. The van der Waals surface area contributed by atoms with Crippen LogP contribution in [0.25, 0.3) is 0 Å².